The Hall–Kier alpha value is -3.92. The van der Waals surface area contributed by atoms with Crippen molar-refractivity contribution in [3.8, 4) is 11.1 Å². The lowest BCUT2D eigenvalue weighted by atomic mass is 9.83. The number of carbonyl (C=O) groups excluding carboxylic acids is 2. The van der Waals surface area contributed by atoms with Crippen LogP contribution in [0, 0.1) is 5.92 Å². The van der Waals surface area contributed by atoms with Crippen molar-refractivity contribution < 1.29 is 14.3 Å². The molecule has 2 fully saturated rings. The maximum atomic E-state index is 13.9. The van der Waals surface area contributed by atoms with E-state index in [4.69, 9.17) is 4.74 Å². The van der Waals surface area contributed by atoms with E-state index in [-0.39, 0.29) is 35.8 Å². The Morgan fingerprint density at radius 1 is 0.744 bits per heavy atom. The molecule has 2 heterocycles. The second kappa shape index (κ2) is 8.81. The Bertz CT molecular complexity index is 1590. The zero-order valence-corrected chi connectivity index (χ0v) is 21.9. The lowest BCUT2D eigenvalue weighted by Gasteiger charge is -2.38. The van der Waals surface area contributed by atoms with E-state index in [9.17, 15) is 9.59 Å². The molecule has 4 nitrogen and oxygen atoms in total. The summed E-state index contributed by atoms with van der Waals surface area (Å²) in [5.41, 5.74) is 8.50. The van der Waals surface area contributed by atoms with Crippen molar-refractivity contribution in [2.24, 2.45) is 5.92 Å². The molecule has 2 aliphatic heterocycles. The SMILES string of the molecule is O=C(c1ccc2c3c(cccc13)CC2)C1CC2CCC(C1)N2C(=O)OCC1c2ccccc2-c2ccccc21. The van der Waals surface area contributed by atoms with Crippen LogP contribution in [0.4, 0.5) is 4.79 Å². The molecule has 1 amide bonds. The fraction of sp³-hybridized carbons (Fsp3) is 0.314. The predicted molar refractivity (Wildman–Crippen MR) is 152 cm³/mol. The van der Waals surface area contributed by atoms with E-state index < -0.39 is 0 Å². The smallest absolute Gasteiger partial charge is 0.410 e. The van der Waals surface area contributed by atoms with Crippen LogP contribution in [0.25, 0.3) is 21.9 Å². The lowest BCUT2D eigenvalue weighted by Crippen LogP contribution is -2.48. The number of carbonyl (C=O) groups is 2. The van der Waals surface area contributed by atoms with Gasteiger partial charge in [0.2, 0.25) is 0 Å². The van der Waals surface area contributed by atoms with Crippen molar-refractivity contribution in [3.63, 3.8) is 0 Å². The number of Topliss-reactive ketones (excluding diaryl/α,β-unsaturated/α-hetero) is 1. The fourth-order valence-corrected chi connectivity index (χ4v) is 8.04. The van der Waals surface area contributed by atoms with Gasteiger partial charge in [0.05, 0.1) is 0 Å². The summed E-state index contributed by atoms with van der Waals surface area (Å²) >= 11 is 0. The summed E-state index contributed by atoms with van der Waals surface area (Å²) in [5, 5.41) is 2.40. The van der Waals surface area contributed by atoms with Gasteiger partial charge in [0.1, 0.15) is 6.61 Å². The molecule has 4 aliphatic rings. The van der Waals surface area contributed by atoms with Gasteiger partial charge in [0.15, 0.2) is 5.78 Å². The summed E-state index contributed by atoms with van der Waals surface area (Å²) in [6.45, 7) is 0.339. The molecule has 2 saturated heterocycles. The number of ketones is 1. The minimum atomic E-state index is -0.222. The average Bonchev–Trinajstić information content (AvgIpc) is 3.62. The Kier molecular flexibility index (Phi) is 5.19. The van der Waals surface area contributed by atoms with Crippen LogP contribution in [0.5, 0.6) is 0 Å². The number of hydrogen-bond donors (Lipinski definition) is 0. The van der Waals surface area contributed by atoms with Crippen LogP contribution in [0.15, 0.2) is 78.9 Å². The Balaban J connectivity index is 0.993. The molecule has 2 atom stereocenters. The summed E-state index contributed by atoms with van der Waals surface area (Å²) in [5.74, 6) is 0.259. The van der Waals surface area contributed by atoms with Crippen molar-refractivity contribution in [3.05, 3.63) is 107 Å². The average molecular weight is 514 g/mol. The molecule has 4 aromatic rings. The summed E-state index contributed by atoms with van der Waals surface area (Å²) in [4.78, 5) is 29.3. The zero-order chi connectivity index (χ0) is 26.1. The van der Waals surface area contributed by atoms with Gasteiger partial charge in [0.25, 0.3) is 0 Å². The first-order valence-electron chi connectivity index (χ1n) is 14.4. The molecule has 194 valence electrons. The number of nitrogens with zero attached hydrogens (tertiary/aromatic N) is 1. The van der Waals surface area contributed by atoms with E-state index in [2.05, 4.69) is 78.9 Å². The molecule has 4 heteroatoms. The van der Waals surface area contributed by atoms with Gasteiger partial charge in [-0.2, -0.15) is 0 Å². The lowest BCUT2D eigenvalue weighted by molar-refractivity contribution is 0.0506. The van der Waals surface area contributed by atoms with Gasteiger partial charge in [0, 0.05) is 29.5 Å². The van der Waals surface area contributed by atoms with Crippen LogP contribution in [-0.4, -0.2) is 35.5 Å². The largest absolute Gasteiger partial charge is 0.448 e. The number of rotatable bonds is 4. The second-order valence-electron chi connectivity index (χ2n) is 11.7. The molecular formula is C35H31NO3. The molecule has 2 bridgehead atoms. The van der Waals surface area contributed by atoms with Crippen LogP contribution >= 0.6 is 0 Å². The van der Waals surface area contributed by atoms with Gasteiger partial charge in [-0.05, 0) is 82.7 Å². The molecule has 8 rings (SSSR count). The molecule has 0 radical (unpaired) electrons. The Morgan fingerprint density at radius 2 is 1.38 bits per heavy atom. The summed E-state index contributed by atoms with van der Waals surface area (Å²) < 4.78 is 6.03. The molecule has 2 aliphatic carbocycles. The highest BCUT2D eigenvalue weighted by Gasteiger charge is 2.46. The normalized spacial score (nSPS) is 22.7. The van der Waals surface area contributed by atoms with Gasteiger partial charge < -0.3 is 9.64 Å². The minimum Gasteiger partial charge on any atom is -0.448 e. The van der Waals surface area contributed by atoms with Crippen molar-refractivity contribution in [1.82, 2.24) is 4.90 Å². The van der Waals surface area contributed by atoms with Crippen molar-refractivity contribution in [2.45, 2.75) is 56.5 Å². The fourth-order valence-electron chi connectivity index (χ4n) is 8.04. The Morgan fingerprint density at radius 3 is 2.08 bits per heavy atom. The summed E-state index contributed by atoms with van der Waals surface area (Å²) in [6.07, 6.45) is 5.25. The molecule has 0 saturated carbocycles. The molecule has 39 heavy (non-hydrogen) atoms. The number of hydrogen-bond acceptors (Lipinski definition) is 3. The van der Waals surface area contributed by atoms with Crippen LogP contribution < -0.4 is 0 Å². The van der Waals surface area contributed by atoms with Crippen molar-refractivity contribution >= 4 is 22.6 Å². The maximum absolute atomic E-state index is 13.9. The van der Waals surface area contributed by atoms with Gasteiger partial charge in [-0.25, -0.2) is 4.79 Å². The highest BCUT2D eigenvalue weighted by Crippen LogP contribution is 2.45. The van der Waals surface area contributed by atoms with Gasteiger partial charge >= 0.3 is 6.09 Å². The van der Waals surface area contributed by atoms with Gasteiger partial charge in [-0.15, -0.1) is 0 Å². The van der Waals surface area contributed by atoms with E-state index >= 15 is 0 Å². The molecular weight excluding hydrogens is 482 g/mol. The van der Waals surface area contributed by atoms with Gasteiger partial charge in [-0.1, -0.05) is 78.9 Å². The van der Waals surface area contributed by atoms with Gasteiger partial charge in [-0.3, -0.25) is 4.79 Å². The zero-order valence-electron chi connectivity index (χ0n) is 21.9. The molecule has 0 spiro atoms. The quantitative estimate of drug-likeness (QED) is 0.269. The van der Waals surface area contributed by atoms with E-state index in [1.807, 2.05) is 4.90 Å². The predicted octanol–water partition coefficient (Wildman–Crippen LogP) is 7.31. The summed E-state index contributed by atoms with van der Waals surface area (Å²) in [6, 6.07) is 27.6. The first kappa shape index (κ1) is 23.0. The highest BCUT2D eigenvalue weighted by atomic mass is 16.6. The topological polar surface area (TPSA) is 46.6 Å². The van der Waals surface area contributed by atoms with Crippen LogP contribution in [0.2, 0.25) is 0 Å². The number of benzene rings is 4. The Labute approximate surface area is 228 Å². The standard InChI is InChI=1S/C35H31NO3/c37-34(31-17-14-22-13-12-21-6-5-11-30(31)33(21)22)23-18-24-15-16-25(19-23)36(24)35(38)39-20-32-28-9-3-1-7-26(28)27-8-2-4-10-29(27)32/h1-11,14,17,23-25,32H,12-13,15-16,18-20H2. The second-order valence-corrected chi connectivity index (χ2v) is 11.7. The van der Waals surface area contributed by atoms with E-state index in [0.717, 1.165) is 49.5 Å². The number of amides is 1. The van der Waals surface area contributed by atoms with Crippen LogP contribution in [-0.2, 0) is 17.6 Å². The van der Waals surface area contributed by atoms with E-state index in [1.54, 1.807) is 0 Å². The van der Waals surface area contributed by atoms with Crippen LogP contribution in [0.3, 0.4) is 0 Å². The first-order valence-corrected chi connectivity index (χ1v) is 14.4. The number of fused-ring (bicyclic) bond motifs is 5. The third kappa shape index (κ3) is 3.50. The third-order valence-electron chi connectivity index (χ3n) is 9.79. The number of ether oxygens (including phenoxy) is 1. The molecule has 4 aromatic carbocycles. The summed E-state index contributed by atoms with van der Waals surface area (Å²) in [7, 11) is 0. The minimum absolute atomic E-state index is 0.0430. The highest BCUT2D eigenvalue weighted by molar-refractivity contribution is 6.11. The van der Waals surface area contributed by atoms with E-state index in [0.29, 0.717) is 6.61 Å². The van der Waals surface area contributed by atoms with Crippen molar-refractivity contribution in [1.29, 1.82) is 0 Å². The first-order chi connectivity index (χ1) is 19.2. The maximum Gasteiger partial charge on any atom is 0.410 e. The third-order valence-corrected chi connectivity index (χ3v) is 9.79. The van der Waals surface area contributed by atoms with Crippen LogP contribution in [0.1, 0.15) is 64.2 Å². The number of aryl methyl sites for hydroxylation is 2. The molecule has 2 unspecified atom stereocenters. The monoisotopic (exact) mass is 513 g/mol. The number of piperidine rings is 1. The van der Waals surface area contributed by atoms with Crippen molar-refractivity contribution in [2.75, 3.05) is 6.61 Å². The molecule has 0 N–H and O–H groups in total. The van der Waals surface area contributed by atoms with E-state index in [1.165, 1.54) is 38.8 Å². The molecule has 0 aromatic heterocycles.